The van der Waals surface area contributed by atoms with Crippen molar-refractivity contribution in [3.05, 3.63) is 30.1 Å². The average molecular weight is 317 g/mol. The fourth-order valence-electron chi connectivity index (χ4n) is 3.80. The average Bonchev–Trinajstić information content (AvgIpc) is 3.04. The third kappa shape index (κ3) is 4.02. The van der Waals surface area contributed by atoms with Gasteiger partial charge in [0.2, 0.25) is 5.91 Å². The van der Waals surface area contributed by atoms with Crippen molar-refractivity contribution in [1.29, 1.82) is 0 Å². The Morgan fingerprint density at radius 2 is 2.13 bits per heavy atom. The molecule has 5 nitrogen and oxygen atoms in total. The van der Waals surface area contributed by atoms with Crippen molar-refractivity contribution in [2.45, 2.75) is 51.0 Å². The van der Waals surface area contributed by atoms with Crippen LogP contribution in [0.1, 0.15) is 50.1 Å². The number of hydrogen-bond acceptors (Lipinski definition) is 3. The van der Waals surface area contributed by atoms with Crippen LogP contribution in [0.2, 0.25) is 0 Å². The minimum atomic E-state index is 0.112. The van der Waals surface area contributed by atoms with Gasteiger partial charge in [-0.2, -0.15) is 5.10 Å². The van der Waals surface area contributed by atoms with Gasteiger partial charge in [-0.15, -0.1) is 0 Å². The summed E-state index contributed by atoms with van der Waals surface area (Å²) in [7, 11) is 0. The molecule has 1 aliphatic carbocycles. The van der Waals surface area contributed by atoms with Crippen molar-refractivity contribution >= 4 is 5.91 Å². The molecule has 2 aliphatic rings. The number of allylic oxidation sites excluding steroid dienone is 2. The predicted octanol–water partition coefficient (Wildman–Crippen LogP) is 2.33. The van der Waals surface area contributed by atoms with Crippen LogP contribution in [0.15, 0.2) is 24.4 Å². The molecule has 0 bridgehead atoms. The Labute approximate surface area is 138 Å². The van der Waals surface area contributed by atoms with Gasteiger partial charge in [0.1, 0.15) is 0 Å². The zero-order valence-corrected chi connectivity index (χ0v) is 13.7. The molecule has 1 saturated heterocycles. The second-order valence-electron chi connectivity index (χ2n) is 6.68. The molecule has 1 aliphatic heterocycles. The number of hydrogen-bond donors (Lipinski definition) is 1. The van der Waals surface area contributed by atoms with E-state index in [0.717, 1.165) is 38.8 Å². The van der Waals surface area contributed by atoms with Crippen molar-refractivity contribution in [2.75, 3.05) is 19.7 Å². The van der Waals surface area contributed by atoms with Crippen LogP contribution in [-0.4, -0.2) is 45.4 Å². The summed E-state index contributed by atoms with van der Waals surface area (Å²) in [6, 6.07) is 2.05. The predicted molar refractivity (Wildman–Crippen MR) is 89.0 cm³/mol. The first kappa shape index (κ1) is 16.2. The maximum atomic E-state index is 12.5. The largest absolute Gasteiger partial charge is 0.394 e. The standard InChI is InChI=1S/C18H27N3O2/c22-13-12-21-17(6-9-19-21)16-7-10-20(11-8-16)18(23)14-15-4-2-1-3-5-15/h2,4,6,9,15-16,22H,1,3,5,7-8,10-14H2. The molecule has 5 heteroatoms. The lowest BCUT2D eigenvalue weighted by Crippen LogP contribution is -2.39. The number of amides is 1. The molecular formula is C18H27N3O2. The Morgan fingerprint density at radius 3 is 2.83 bits per heavy atom. The number of carbonyl (C=O) groups excluding carboxylic acids is 1. The van der Waals surface area contributed by atoms with E-state index in [9.17, 15) is 4.79 Å². The van der Waals surface area contributed by atoms with Gasteiger partial charge < -0.3 is 10.0 Å². The van der Waals surface area contributed by atoms with Gasteiger partial charge >= 0.3 is 0 Å². The third-order valence-corrected chi connectivity index (χ3v) is 5.12. The Balaban J connectivity index is 1.51. The number of aromatic nitrogens is 2. The van der Waals surface area contributed by atoms with E-state index < -0.39 is 0 Å². The molecule has 2 heterocycles. The Bertz CT molecular complexity index is 544. The van der Waals surface area contributed by atoms with Crippen molar-refractivity contribution in [3.8, 4) is 0 Å². The van der Waals surface area contributed by atoms with Crippen LogP contribution in [0, 0.1) is 5.92 Å². The van der Waals surface area contributed by atoms with Gasteiger partial charge in [-0.1, -0.05) is 12.2 Å². The fourth-order valence-corrected chi connectivity index (χ4v) is 3.80. The van der Waals surface area contributed by atoms with E-state index in [4.69, 9.17) is 5.11 Å². The molecule has 1 amide bonds. The van der Waals surface area contributed by atoms with E-state index in [2.05, 4.69) is 17.3 Å². The van der Waals surface area contributed by atoms with Gasteiger partial charge in [0.25, 0.3) is 0 Å². The van der Waals surface area contributed by atoms with Gasteiger partial charge in [0.05, 0.1) is 13.2 Å². The van der Waals surface area contributed by atoms with E-state index in [1.807, 2.05) is 15.6 Å². The SMILES string of the molecule is O=C(CC1C=CCCC1)N1CCC(c2ccnn2CCO)CC1. The molecule has 0 radical (unpaired) electrons. The fraction of sp³-hybridized carbons (Fsp3) is 0.667. The van der Waals surface area contributed by atoms with Crippen LogP contribution in [0.3, 0.4) is 0 Å². The van der Waals surface area contributed by atoms with E-state index in [0.29, 0.717) is 30.7 Å². The first-order chi connectivity index (χ1) is 11.3. The van der Waals surface area contributed by atoms with Crippen LogP contribution in [0.5, 0.6) is 0 Å². The monoisotopic (exact) mass is 317 g/mol. The number of aliphatic hydroxyl groups excluding tert-OH is 1. The summed E-state index contributed by atoms with van der Waals surface area (Å²) in [6.07, 6.45) is 12.4. The lowest BCUT2D eigenvalue weighted by atomic mass is 9.90. The second kappa shape index (κ2) is 7.77. The minimum Gasteiger partial charge on any atom is -0.394 e. The second-order valence-corrected chi connectivity index (χ2v) is 6.68. The molecule has 23 heavy (non-hydrogen) atoms. The summed E-state index contributed by atoms with van der Waals surface area (Å²) in [6.45, 7) is 2.34. The molecule has 1 aromatic rings. The van der Waals surface area contributed by atoms with Crippen LogP contribution < -0.4 is 0 Å². The normalized spacial score (nSPS) is 22.5. The highest BCUT2D eigenvalue weighted by atomic mass is 16.3. The highest BCUT2D eigenvalue weighted by molar-refractivity contribution is 5.76. The molecule has 1 aromatic heterocycles. The summed E-state index contributed by atoms with van der Waals surface area (Å²) in [4.78, 5) is 14.5. The van der Waals surface area contributed by atoms with Gasteiger partial charge in [-0.05, 0) is 44.1 Å². The third-order valence-electron chi connectivity index (χ3n) is 5.12. The highest BCUT2D eigenvalue weighted by Crippen LogP contribution is 2.29. The molecule has 1 atom stereocenters. The van der Waals surface area contributed by atoms with Gasteiger partial charge in [-0.25, -0.2) is 0 Å². The number of likely N-dealkylation sites (tertiary alicyclic amines) is 1. The number of rotatable bonds is 5. The van der Waals surface area contributed by atoms with E-state index >= 15 is 0 Å². The molecule has 3 rings (SSSR count). The summed E-state index contributed by atoms with van der Waals surface area (Å²) < 4.78 is 1.90. The number of piperidine rings is 1. The molecule has 1 fully saturated rings. The summed E-state index contributed by atoms with van der Waals surface area (Å²) in [5.41, 5.74) is 1.20. The van der Waals surface area contributed by atoms with Crippen LogP contribution >= 0.6 is 0 Å². The van der Waals surface area contributed by atoms with Crippen molar-refractivity contribution in [3.63, 3.8) is 0 Å². The van der Waals surface area contributed by atoms with E-state index in [1.165, 1.54) is 12.1 Å². The number of aliphatic hydroxyl groups is 1. The zero-order chi connectivity index (χ0) is 16.1. The lowest BCUT2D eigenvalue weighted by molar-refractivity contribution is -0.133. The number of carbonyl (C=O) groups is 1. The topological polar surface area (TPSA) is 58.4 Å². The van der Waals surface area contributed by atoms with E-state index in [1.54, 1.807) is 6.20 Å². The first-order valence-corrected chi connectivity index (χ1v) is 8.85. The van der Waals surface area contributed by atoms with Gasteiger partial charge in [0.15, 0.2) is 0 Å². The maximum Gasteiger partial charge on any atom is 0.223 e. The lowest BCUT2D eigenvalue weighted by Gasteiger charge is -2.33. The molecule has 0 spiro atoms. The molecule has 1 N–H and O–H groups in total. The Hall–Kier alpha value is -1.62. The van der Waals surface area contributed by atoms with Crippen LogP contribution in [0.25, 0.3) is 0 Å². The first-order valence-electron chi connectivity index (χ1n) is 8.85. The van der Waals surface area contributed by atoms with Crippen molar-refractivity contribution in [1.82, 2.24) is 14.7 Å². The Kier molecular flexibility index (Phi) is 5.49. The zero-order valence-electron chi connectivity index (χ0n) is 13.7. The summed E-state index contributed by atoms with van der Waals surface area (Å²) in [5, 5.41) is 13.4. The quantitative estimate of drug-likeness (QED) is 0.848. The van der Waals surface area contributed by atoms with E-state index in [-0.39, 0.29) is 6.61 Å². The smallest absolute Gasteiger partial charge is 0.223 e. The number of nitrogens with zero attached hydrogens (tertiary/aromatic N) is 3. The molecular weight excluding hydrogens is 290 g/mol. The van der Waals surface area contributed by atoms with Gasteiger partial charge in [-0.3, -0.25) is 9.48 Å². The maximum absolute atomic E-state index is 12.5. The molecule has 0 saturated carbocycles. The van der Waals surface area contributed by atoms with Crippen molar-refractivity contribution in [2.24, 2.45) is 5.92 Å². The van der Waals surface area contributed by atoms with Crippen LogP contribution in [0.4, 0.5) is 0 Å². The highest BCUT2D eigenvalue weighted by Gasteiger charge is 2.26. The molecule has 1 unspecified atom stereocenters. The summed E-state index contributed by atoms with van der Waals surface area (Å²) in [5.74, 6) is 1.20. The summed E-state index contributed by atoms with van der Waals surface area (Å²) >= 11 is 0. The van der Waals surface area contributed by atoms with Gasteiger partial charge in [0, 0.05) is 37.3 Å². The minimum absolute atomic E-state index is 0.112. The Morgan fingerprint density at radius 1 is 1.30 bits per heavy atom. The molecule has 126 valence electrons. The van der Waals surface area contributed by atoms with Crippen molar-refractivity contribution < 1.29 is 9.90 Å². The van der Waals surface area contributed by atoms with Crippen LogP contribution in [-0.2, 0) is 11.3 Å². The molecule has 0 aromatic carbocycles.